The van der Waals surface area contributed by atoms with Crippen LogP contribution in [0.2, 0.25) is 5.02 Å². The standard InChI is InChI=1S/C11H10ClF2N3/c1-17-11(15)8(5-16-17)7-3-2-6(10(13)14)4-9(7)12/h2-5,10H,15H2,1H3. The van der Waals surface area contributed by atoms with E-state index < -0.39 is 6.43 Å². The van der Waals surface area contributed by atoms with Crippen molar-refractivity contribution >= 4 is 17.4 Å². The molecule has 0 saturated heterocycles. The Kier molecular flexibility index (Phi) is 3.02. The number of nitrogen functional groups attached to an aromatic ring is 1. The minimum atomic E-state index is -2.53. The van der Waals surface area contributed by atoms with Gasteiger partial charge in [0.05, 0.1) is 6.20 Å². The molecule has 1 heterocycles. The molecule has 0 radical (unpaired) electrons. The summed E-state index contributed by atoms with van der Waals surface area (Å²) in [7, 11) is 1.69. The zero-order chi connectivity index (χ0) is 12.6. The molecule has 0 aliphatic carbocycles. The smallest absolute Gasteiger partial charge is 0.263 e. The van der Waals surface area contributed by atoms with Crippen molar-refractivity contribution in [2.45, 2.75) is 6.43 Å². The highest BCUT2D eigenvalue weighted by molar-refractivity contribution is 6.33. The van der Waals surface area contributed by atoms with Crippen LogP contribution in [0, 0.1) is 0 Å². The van der Waals surface area contributed by atoms with E-state index in [4.69, 9.17) is 17.3 Å². The summed E-state index contributed by atoms with van der Waals surface area (Å²) < 4.78 is 26.4. The fourth-order valence-corrected chi connectivity index (χ4v) is 1.83. The number of nitrogens with zero attached hydrogens (tertiary/aromatic N) is 2. The number of alkyl halides is 2. The third-order valence-corrected chi connectivity index (χ3v) is 2.83. The number of benzene rings is 1. The molecule has 1 aromatic carbocycles. The summed E-state index contributed by atoms with van der Waals surface area (Å²) in [4.78, 5) is 0. The van der Waals surface area contributed by atoms with Crippen molar-refractivity contribution in [2.24, 2.45) is 7.05 Å². The summed E-state index contributed by atoms with van der Waals surface area (Å²) in [5.74, 6) is 0.441. The van der Waals surface area contributed by atoms with Gasteiger partial charge >= 0.3 is 0 Å². The molecule has 17 heavy (non-hydrogen) atoms. The number of hydrogen-bond acceptors (Lipinski definition) is 2. The Morgan fingerprint density at radius 3 is 2.53 bits per heavy atom. The van der Waals surface area contributed by atoms with E-state index in [9.17, 15) is 8.78 Å². The molecule has 0 spiro atoms. The first-order valence-corrected chi connectivity index (χ1v) is 5.24. The topological polar surface area (TPSA) is 43.8 Å². The predicted molar refractivity (Wildman–Crippen MR) is 63.0 cm³/mol. The van der Waals surface area contributed by atoms with Gasteiger partial charge in [0.25, 0.3) is 6.43 Å². The molecule has 2 rings (SSSR count). The summed E-state index contributed by atoms with van der Waals surface area (Å²) in [5.41, 5.74) is 6.92. The number of nitrogens with two attached hydrogens (primary N) is 1. The lowest BCUT2D eigenvalue weighted by Crippen LogP contribution is -1.98. The molecule has 0 aliphatic heterocycles. The van der Waals surface area contributed by atoms with Crippen molar-refractivity contribution in [3.63, 3.8) is 0 Å². The molecule has 1 aromatic heterocycles. The van der Waals surface area contributed by atoms with Gasteiger partial charge in [0.2, 0.25) is 0 Å². The monoisotopic (exact) mass is 257 g/mol. The predicted octanol–water partition coefficient (Wildman–Crippen LogP) is 3.26. The molecule has 2 N–H and O–H groups in total. The Balaban J connectivity index is 2.50. The van der Waals surface area contributed by atoms with Crippen molar-refractivity contribution < 1.29 is 8.78 Å². The average Bonchev–Trinajstić information content (AvgIpc) is 2.60. The number of halogens is 3. The molecule has 0 amide bonds. The lowest BCUT2D eigenvalue weighted by atomic mass is 10.1. The van der Waals surface area contributed by atoms with Gasteiger partial charge in [0.15, 0.2) is 0 Å². The normalized spacial score (nSPS) is 11.1. The van der Waals surface area contributed by atoms with Crippen LogP contribution in [0.4, 0.5) is 14.6 Å². The summed E-state index contributed by atoms with van der Waals surface area (Å²) in [6, 6.07) is 4.10. The van der Waals surface area contributed by atoms with Crippen LogP contribution in [0.25, 0.3) is 11.1 Å². The Morgan fingerprint density at radius 2 is 2.06 bits per heavy atom. The maximum atomic E-state index is 12.5. The molecule has 0 atom stereocenters. The first-order valence-electron chi connectivity index (χ1n) is 4.86. The van der Waals surface area contributed by atoms with Crippen LogP contribution in [-0.2, 0) is 7.05 Å². The zero-order valence-corrected chi connectivity index (χ0v) is 9.75. The van der Waals surface area contributed by atoms with E-state index in [2.05, 4.69) is 5.10 Å². The van der Waals surface area contributed by atoms with E-state index in [0.29, 0.717) is 16.9 Å². The highest BCUT2D eigenvalue weighted by Gasteiger charge is 2.14. The van der Waals surface area contributed by atoms with Crippen LogP contribution in [0.3, 0.4) is 0 Å². The second-order valence-electron chi connectivity index (χ2n) is 3.61. The average molecular weight is 258 g/mol. The molecule has 0 bridgehead atoms. The molecule has 90 valence electrons. The summed E-state index contributed by atoms with van der Waals surface area (Å²) in [6.45, 7) is 0. The number of rotatable bonds is 2. The van der Waals surface area contributed by atoms with Crippen LogP contribution in [0.1, 0.15) is 12.0 Å². The molecule has 0 unspecified atom stereocenters. The first kappa shape index (κ1) is 11.9. The van der Waals surface area contributed by atoms with Crippen molar-refractivity contribution in [3.05, 3.63) is 35.0 Å². The molecule has 3 nitrogen and oxygen atoms in total. The van der Waals surface area contributed by atoms with Crippen LogP contribution < -0.4 is 5.73 Å². The van der Waals surface area contributed by atoms with Crippen molar-refractivity contribution in [3.8, 4) is 11.1 Å². The highest BCUT2D eigenvalue weighted by Crippen LogP contribution is 2.34. The quantitative estimate of drug-likeness (QED) is 0.897. The van der Waals surface area contributed by atoms with E-state index in [0.717, 1.165) is 0 Å². The van der Waals surface area contributed by atoms with Crippen LogP contribution in [0.5, 0.6) is 0 Å². The lowest BCUT2D eigenvalue weighted by Gasteiger charge is -2.06. The van der Waals surface area contributed by atoms with Gasteiger partial charge in [-0.15, -0.1) is 0 Å². The van der Waals surface area contributed by atoms with E-state index in [-0.39, 0.29) is 10.6 Å². The minimum absolute atomic E-state index is 0.110. The zero-order valence-electron chi connectivity index (χ0n) is 8.99. The fraction of sp³-hybridized carbons (Fsp3) is 0.182. The van der Waals surface area contributed by atoms with Crippen LogP contribution in [0.15, 0.2) is 24.4 Å². The minimum Gasteiger partial charge on any atom is -0.383 e. The fourth-order valence-electron chi connectivity index (χ4n) is 1.54. The van der Waals surface area contributed by atoms with Crippen molar-refractivity contribution in [1.82, 2.24) is 9.78 Å². The molecule has 2 aromatic rings. The number of anilines is 1. The van der Waals surface area contributed by atoms with Gasteiger partial charge in [-0.1, -0.05) is 23.7 Å². The van der Waals surface area contributed by atoms with E-state index in [1.807, 2.05) is 0 Å². The molecule has 6 heteroatoms. The Morgan fingerprint density at radius 1 is 1.35 bits per heavy atom. The Labute approximate surface area is 102 Å². The van der Waals surface area contributed by atoms with Gasteiger partial charge in [0.1, 0.15) is 5.82 Å². The molecular weight excluding hydrogens is 248 g/mol. The van der Waals surface area contributed by atoms with Crippen molar-refractivity contribution in [2.75, 3.05) is 5.73 Å². The van der Waals surface area contributed by atoms with Gasteiger partial charge in [-0.3, -0.25) is 4.68 Å². The summed E-state index contributed by atoms with van der Waals surface area (Å²) in [6.07, 6.45) is -0.980. The van der Waals surface area contributed by atoms with Crippen LogP contribution in [-0.4, -0.2) is 9.78 Å². The molecule has 0 fully saturated rings. The van der Waals surface area contributed by atoms with Crippen LogP contribution >= 0.6 is 11.6 Å². The van der Waals surface area contributed by atoms with Gasteiger partial charge in [-0.25, -0.2) is 8.78 Å². The maximum Gasteiger partial charge on any atom is 0.263 e. The molecule has 0 saturated carbocycles. The third kappa shape index (κ3) is 2.10. The van der Waals surface area contributed by atoms with Gasteiger partial charge in [-0.2, -0.15) is 5.10 Å². The van der Waals surface area contributed by atoms with Gasteiger partial charge in [0, 0.05) is 28.8 Å². The van der Waals surface area contributed by atoms with Crippen molar-refractivity contribution in [1.29, 1.82) is 0 Å². The second-order valence-corrected chi connectivity index (χ2v) is 4.01. The lowest BCUT2D eigenvalue weighted by molar-refractivity contribution is 0.151. The van der Waals surface area contributed by atoms with Gasteiger partial charge in [-0.05, 0) is 6.07 Å². The third-order valence-electron chi connectivity index (χ3n) is 2.52. The van der Waals surface area contributed by atoms with E-state index in [1.165, 1.54) is 22.9 Å². The maximum absolute atomic E-state index is 12.5. The largest absolute Gasteiger partial charge is 0.383 e. The van der Waals surface area contributed by atoms with E-state index in [1.54, 1.807) is 13.2 Å². The summed E-state index contributed by atoms with van der Waals surface area (Å²) >= 11 is 5.96. The SMILES string of the molecule is Cn1ncc(-c2ccc(C(F)F)cc2Cl)c1N. The Hall–Kier alpha value is -1.62. The highest BCUT2D eigenvalue weighted by atomic mass is 35.5. The first-order chi connectivity index (χ1) is 8.00. The molecular formula is C11H10ClF2N3. The molecule has 0 aliphatic rings. The number of hydrogen-bond donors (Lipinski definition) is 1. The number of aromatic nitrogens is 2. The Bertz CT molecular complexity index is 552. The number of aryl methyl sites for hydroxylation is 1. The van der Waals surface area contributed by atoms with Gasteiger partial charge < -0.3 is 5.73 Å². The second kappa shape index (κ2) is 4.33. The summed E-state index contributed by atoms with van der Waals surface area (Å²) in [5, 5.41) is 4.21. The van der Waals surface area contributed by atoms with E-state index >= 15 is 0 Å².